The van der Waals surface area contributed by atoms with Gasteiger partial charge in [0.1, 0.15) is 0 Å². The van der Waals surface area contributed by atoms with E-state index in [1.165, 1.54) is 9.80 Å². The third-order valence-corrected chi connectivity index (χ3v) is 12.0. The fraction of sp³-hybridized carbons (Fsp3) is 0.182. The fourth-order valence-electron chi connectivity index (χ4n) is 8.55. The maximum absolute atomic E-state index is 14.3. The Morgan fingerprint density at radius 2 is 0.620 bits per heavy atom. The molecule has 7 aromatic carbocycles. The summed E-state index contributed by atoms with van der Waals surface area (Å²) in [6.45, 7) is 16.1. The highest BCUT2D eigenvalue weighted by Gasteiger charge is 2.39. The van der Waals surface area contributed by atoms with Crippen LogP contribution in [0, 0.1) is 55.4 Å². The Kier molecular flexibility index (Phi) is 5.95. The SMILES string of the molecule is Cc1cc(N2C(=O)c3ccc4c5ccc6c7c(ccc(c8ccc(c3c48)C2=O)c75)C(=O)N(c2cc(C)c(C)c(C)c2C)C6=O)c(C)c(C)c1C. The molecule has 50 heavy (non-hydrogen) atoms. The number of fused-ring (bicyclic) bond motifs is 2. The molecule has 0 unspecified atom stereocenters. The van der Waals surface area contributed by atoms with Crippen molar-refractivity contribution < 1.29 is 19.2 Å². The Hall–Kier alpha value is -5.88. The van der Waals surface area contributed by atoms with Gasteiger partial charge in [0, 0.05) is 33.0 Å². The lowest BCUT2D eigenvalue weighted by Gasteiger charge is -2.31. The number of aryl methyl sites for hydroxylation is 2. The van der Waals surface area contributed by atoms with Crippen LogP contribution in [0.4, 0.5) is 11.4 Å². The van der Waals surface area contributed by atoms with E-state index in [9.17, 15) is 19.2 Å². The van der Waals surface area contributed by atoms with Gasteiger partial charge in [0.15, 0.2) is 0 Å². The third-order valence-electron chi connectivity index (χ3n) is 12.0. The number of carbonyl (C=O) groups excluding carboxylic acids is 4. The van der Waals surface area contributed by atoms with Crippen molar-refractivity contribution in [3.8, 4) is 0 Å². The molecule has 2 aliphatic rings. The van der Waals surface area contributed by atoms with Crippen LogP contribution in [0.1, 0.15) is 85.9 Å². The molecule has 244 valence electrons. The van der Waals surface area contributed by atoms with Crippen LogP contribution in [0.5, 0.6) is 0 Å². The number of carbonyl (C=O) groups is 4. The smallest absolute Gasteiger partial charge is 0.265 e. The van der Waals surface area contributed by atoms with Crippen molar-refractivity contribution in [2.75, 3.05) is 9.80 Å². The minimum atomic E-state index is -0.346. The topological polar surface area (TPSA) is 74.8 Å². The van der Waals surface area contributed by atoms with E-state index in [2.05, 4.69) is 13.8 Å². The molecule has 0 N–H and O–H groups in total. The van der Waals surface area contributed by atoms with Crippen molar-refractivity contribution in [2.45, 2.75) is 55.4 Å². The second-order valence-electron chi connectivity index (χ2n) is 14.2. The summed E-state index contributed by atoms with van der Waals surface area (Å²) in [5, 5.41) is 6.42. The summed E-state index contributed by atoms with van der Waals surface area (Å²) in [7, 11) is 0. The fourth-order valence-corrected chi connectivity index (χ4v) is 8.55. The number of imide groups is 2. The largest absolute Gasteiger partial charge is 0.268 e. The zero-order valence-electron chi connectivity index (χ0n) is 29.3. The molecule has 4 amide bonds. The van der Waals surface area contributed by atoms with Gasteiger partial charge < -0.3 is 0 Å². The standard InChI is InChI=1S/C44H34N2O4/c1-19-17-35(25(7)23(5)21(19)3)45-41(47)31-13-9-27-29-11-15-33-40-34(44(50)46(43(33)49)36-18-20(2)22(4)24(6)26(36)8)16-12-30(38(29)40)28-10-14-32(42(45)48)39(31)37(27)28/h9-18H,1-8H3. The monoisotopic (exact) mass is 654 g/mol. The lowest BCUT2D eigenvalue weighted by molar-refractivity contribution is 0.0877. The number of amides is 4. The first-order chi connectivity index (χ1) is 23.8. The first kappa shape index (κ1) is 30.2. The molecule has 7 aromatic rings. The Bertz CT molecular complexity index is 2510. The number of hydrogen-bond acceptors (Lipinski definition) is 4. The molecular weight excluding hydrogens is 620 g/mol. The Labute approximate surface area is 289 Å². The first-order valence-electron chi connectivity index (χ1n) is 17.0. The Balaban J connectivity index is 1.29. The molecule has 2 aliphatic heterocycles. The van der Waals surface area contributed by atoms with Crippen molar-refractivity contribution in [3.63, 3.8) is 0 Å². The Morgan fingerprint density at radius 3 is 0.900 bits per heavy atom. The summed E-state index contributed by atoms with van der Waals surface area (Å²) >= 11 is 0. The molecule has 0 aromatic heterocycles. The molecule has 0 saturated carbocycles. The molecule has 0 saturated heterocycles. The highest BCUT2D eigenvalue weighted by atomic mass is 16.2. The van der Waals surface area contributed by atoms with Gasteiger partial charge in [-0.1, -0.05) is 24.3 Å². The van der Waals surface area contributed by atoms with Gasteiger partial charge in [-0.2, -0.15) is 0 Å². The van der Waals surface area contributed by atoms with Gasteiger partial charge in [0.2, 0.25) is 0 Å². The number of nitrogens with zero attached hydrogens (tertiary/aromatic N) is 2. The molecule has 0 spiro atoms. The molecule has 0 fully saturated rings. The third kappa shape index (κ3) is 3.53. The summed E-state index contributed by atoms with van der Waals surface area (Å²) in [5.74, 6) is -1.38. The van der Waals surface area contributed by atoms with E-state index in [0.29, 0.717) is 44.4 Å². The average molecular weight is 655 g/mol. The van der Waals surface area contributed by atoms with E-state index in [-0.39, 0.29) is 23.6 Å². The van der Waals surface area contributed by atoms with Gasteiger partial charge in [-0.3, -0.25) is 19.2 Å². The van der Waals surface area contributed by atoms with Crippen LogP contribution in [-0.4, -0.2) is 23.6 Å². The summed E-state index contributed by atoms with van der Waals surface area (Å²) < 4.78 is 0. The number of anilines is 2. The minimum Gasteiger partial charge on any atom is -0.268 e. The summed E-state index contributed by atoms with van der Waals surface area (Å²) in [4.78, 5) is 59.9. The molecule has 0 bridgehead atoms. The number of rotatable bonds is 2. The molecular formula is C44H34N2O4. The molecule has 6 nitrogen and oxygen atoms in total. The quantitative estimate of drug-likeness (QED) is 0.106. The second-order valence-corrected chi connectivity index (χ2v) is 14.2. The number of hydrogen-bond donors (Lipinski definition) is 0. The molecule has 6 heteroatoms. The Morgan fingerprint density at radius 1 is 0.340 bits per heavy atom. The lowest BCUT2D eigenvalue weighted by Crippen LogP contribution is -2.41. The van der Waals surface area contributed by atoms with Crippen LogP contribution < -0.4 is 9.80 Å². The van der Waals surface area contributed by atoms with Crippen molar-refractivity contribution in [2.24, 2.45) is 0 Å². The first-order valence-corrected chi connectivity index (χ1v) is 17.0. The highest BCUT2D eigenvalue weighted by molar-refractivity contribution is 6.45. The van der Waals surface area contributed by atoms with Crippen LogP contribution >= 0.6 is 0 Å². The van der Waals surface area contributed by atoms with Crippen LogP contribution in [-0.2, 0) is 0 Å². The normalized spacial score (nSPS) is 14.5. The summed E-state index contributed by atoms with van der Waals surface area (Å²) in [6, 6.07) is 18.9. The van der Waals surface area contributed by atoms with E-state index >= 15 is 0 Å². The van der Waals surface area contributed by atoms with E-state index in [1.807, 2.05) is 102 Å². The van der Waals surface area contributed by atoms with Gasteiger partial charge in [-0.05, 0) is 169 Å². The van der Waals surface area contributed by atoms with Gasteiger partial charge >= 0.3 is 0 Å². The van der Waals surface area contributed by atoms with Crippen LogP contribution in [0.15, 0.2) is 60.7 Å². The van der Waals surface area contributed by atoms with Gasteiger partial charge in [-0.15, -0.1) is 0 Å². The van der Waals surface area contributed by atoms with E-state index in [0.717, 1.165) is 76.8 Å². The summed E-state index contributed by atoms with van der Waals surface area (Å²) in [5.41, 5.74) is 11.4. The van der Waals surface area contributed by atoms with E-state index < -0.39 is 0 Å². The molecule has 9 rings (SSSR count). The lowest BCUT2D eigenvalue weighted by atomic mass is 9.82. The van der Waals surface area contributed by atoms with Gasteiger partial charge in [0.25, 0.3) is 23.6 Å². The average Bonchev–Trinajstić information content (AvgIpc) is 3.11. The van der Waals surface area contributed by atoms with Gasteiger partial charge in [-0.25, -0.2) is 9.80 Å². The molecule has 0 radical (unpaired) electrons. The summed E-state index contributed by atoms with van der Waals surface area (Å²) in [6.07, 6.45) is 0. The van der Waals surface area contributed by atoms with Crippen LogP contribution in [0.3, 0.4) is 0 Å². The molecule has 0 atom stereocenters. The maximum Gasteiger partial charge on any atom is 0.265 e. The molecule has 2 heterocycles. The zero-order valence-corrected chi connectivity index (χ0v) is 29.3. The van der Waals surface area contributed by atoms with E-state index in [1.54, 1.807) is 0 Å². The second kappa shape index (κ2) is 9.85. The van der Waals surface area contributed by atoms with Crippen molar-refractivity contribution >= 4 is 78.1 Å². The maximum atomic E-state index is 14.3. The van der Waals surface area contributed by atoms with Crippen LogP contribution in [0.2, 0.25) is 0 Å². The van der Waals surface area contributed by atoms with Crippen molar-refractivity contribution in [3.05, 3.63) is 127 Å². The predicted octanol–water partition coefficient (Wildman–Crippen LogP) is 9.81. The number of benzene rings is 7. The van der Waals surface area contributed by atoms with Gasteiger partial charge in [0.05, 0.1) is 11.4 Å². The molecule has 0 aliphatic carbocycles. The van der Waals surface area contributed by atoms with E-state index in [4.69, 9.17) is 0 Å². The van der Waals surface area contributed by atoms with Crippen molar-refractivity contribution in [1.82, 2.24) is 0 Å². The predicted molar refractivity (Wildman–Crippen MR) is 201 cm³/mol. The minimum absolute atomic E-state index is 0.346. The van der Waals surface area contributed by atoms with Crippen LogP contribution in [0.25, 0.3) is 43.1 Å². The highest BCUT2D eigenvalue weighted by Crippen LogP contribution is 2.47. The zero-order chi connectivity index (χ0) is 35.2. The van der Waals surface area contributed by atoms with Crippen molar-refractivity contribution in [1.29, 1.82) is 0 Å².